The summed E-state index contributed by atoms with van der Waals surface area (Å²) in [7, 11) is 0. The highest BCUT2D eigenvalue weighted by atomic mass is 14.2. The third kappa shape index (κ3) is 4.65. The molecule has 1 unspecified atom stereocenters. The SMILES string of the molecule is C=C.CC1CCCc2ccccc21.CCC. The topological polar surface area (TPSA) is 0 Å². The van der Waals surface area contributed by atoms with Crippen LogP contribution >= 0.6 is 0 Å². The zero-order valence-corrected chi connectivity index (χ0v) is 11.1. The van der Waals surface area contributed by atoms with Crippen molar-refractivity contribution in [1.29, 1.82) is 0 Å². The Hall–Kier alpha value is -1.04. The van der Waals surface area contributed by atoms with Gasteiger partial charge >= 0.3 is 0 Å². The lowest BCUT2D eigenvalue weighted by molar-refractivity contribution is 0.590. The Morgan fingerprint density at radius 1 is 1.19 bits per heavy atom. The fourth-order valence-electron chi connectivity index (χ4n) is 2.00. The molecule has 1 aliphatic rings. The second kappa shape index (κ2) is 9.21. The maximum absolute atomic E-state index is 3.00. The second-order valence-electron chi connectivity index (χ2n) is 4.20. The van der Waals surface area contributed by atoms with E-state index >= 15 is 0 Å². The molecule has 0 fully saturated rings. The molecule has 1 aliphatic carbocycles. The molecule has 0 nitrogen and oxygen atoms in total. The first kappa shape index (κ1) is 15.0. The van der Waals surface area contributed by atoms with Gasteiger partial charge in [0, 0.05) is 0 Å². The maximum Gasteiger partial charge on any atom is -0.0188 e. The standard InChI is InChI=1S/C11H14.C3H8.C2H4/c1-9-5-4-7-10-6-2-3-8-11(9)10;1-3-2;1-2/h2-3,6,8-9H,4-5,7H2,1H3;3H2,1-2H3;1-2H2. The molecule has 2 rings (SSSR count). The fourth-order valence-corrected chi connectivity index (χ4v) is 2.00. The largest absolute Gasteiger partial charge is 0.106 e. The van der Waals surface area contributed by atoms with E-state index in [9.17, 15) is 0 Å². The molecule has 0 heterocycles. The van der Waals surface area contributed by atoms with Crippen molar-refractivity contribution in [2.45, 2.75) is 52.4 Å². The zero-order valence-electron chi connectivity index (χ0n) is 11.1. The van der Waals surface area contributed by atoms with E-state index in [0.717, 1.165) is 5.92 Å². The first-order valence-electron chi connectivity index (χ1n) is 6.37. The molecule has 1 aromatic rings. The summed E-state index contributed by atoms with van der Waals surface area (Å²) < 4.78 is 0. The molecular weight excluding hydrogens is 192 g/mol. The zero-order chi connectivity index (χ0) is 12.4. The van der Waals surface area contributed by atoms with Crippen molar-refractivity contribution in [3.63, 3.8) is 0 Å². The Kier molecular flexibility index (Phi) is 8.61. The van der Waals surface area contributed by atoms with Crippen LogP contribution in [0.4, 0.5) is 0 Å². The van der Waals surface area contributed by atoms with Gasteiger partial charge in [0.1, 0.15) is 0 Å². The van der Waals surface area contributed by atoms with Crippen LogP contribution in [0.5, 0.6) is 0 Å². The molecule has 1 aromatic carbocycles. The van der Waals surface area contributed by atoms with Crippen molar-refractivity contribution in [3.05, 3.63) is 48.6 Å². The van der Waals surface area contributed by atoms with Gasteiger partial charge in [0.25, 0.3) is 0 Å². The van der Waals surface area contributed by atoms with Crippen molar-refractivity contribution >= 4 is 0 Å². The molecule has 1 atom stereocenters. The molecule has 0 spiro atoms. The molecule has 0 bridgehead atoms. The second-order valence-corrected chi connectivity index (χ2v) is 4.20. The van der Waals surface area contributed by atoms with Crippen molar-refractivity contribution < 1.29 is 0 Å². The van der Waals surface area contributed by atoms with Crippen LogP contribution in [-0.4, -0.2) is 0 Å². The van der Waals surface area contributed by atoms with Crippen molar-refractivity contribution in [2.24, 2.45) is 0 Å². The summed E-state index contributed by atoms with van der Waals surface area (Å²) in [6.07, 6.45) is 5.29. The Morgan fingerprint density at radius 3 is 2.31 bits per heavy atom. The summed E-state index contributed by atoms with van der Waals surface area (Å²) in [4.78, 5) is 0. The van der Waals surface area contributed by atoms with E-state index in [1.165, 1.54) is 25.7 Å². The lowest BCUT2D eigenvalue weighted by atomic mass is 9.84. The average Bonchev–Trinajstić information content (AvgIpc) is 2.33. The van der Waals surface area contributed by atoms with Crippen LogP contribution in [0.15, 0.2) is 37.4 Å². The minimum absolute atomic E-state index is 0.792. The number of aryl methyl sites for hydroxylation is 1. The Morgan fingerprint density at radius 2 is 1.75 bits per heavy atom. The smallest absolute Gasteiger partial charge is 0.0188 e. The molecule has 90 valence electrons. The normalized spacial score (nSPS) is 17.1. The molecule has 0 radical (unpaired) electrons. The summed E-state index contributed by atoms with van der Waals surface area (Å²) in [5.41, 5.74) is 3.16. The molecule has 16 heavy (non-hydrogen) atoms. The first-order chi connectivity index (χ1) is 7.79. The van der Waals surface area contributed by atoms with E-state index < -0.39 is 0 Å². The third-order valence-corrected chi connectivity index (χ3v) is 2.67. The number of fused-ring (bicyclic) bond motifs is 1. The lowest BCUT2D eigenvalue weighted by Gasteiger charge is -2.21. The van der Waals surface area contributed by atoms with Crippen LogP contribution in [0.2, 0.25) is 0 Å². The van der Waals surface area contributed by atoms with Gasteiger partial charge in [-0.3, -0.25) is 0 Å². The van der Waals surface area contributed by atoms with E-state index in [-0.39, 0.29) is 0 Å². The minimum Gasteiger partial charge on any atom is -0.106 e. The molecule has 0 saturated heterocycles. The quantitative estimate of drug-likeness (QED) is 0.515. The van der Waals surface area contributed by atoms with Gasteiger partial charge in [-0.25, -0.2) is 0 Å². The number of hydrogen-bond donors (Lipinski definition) is 0. The van der Waals surface area contributed by atoms with Gasteiger partial charge in [0.05, 0.1) is 0 Å². The van der Waals surface area contributed by atoms with Crippen molar-refractivity contribution in [2.75, 3.05) is 0 Å². The molecule has 0 aromatic heterocycles. The van der Waals surface area contributed by atoms with Crippen LogP contribution in [0, 0.1) is 0 Å². The highest BCUT2D eigenvalue weighted by Crippen LogP contribution is 2.30. The van der Waals surface area contributed by atoms with Crippen LogP contribution in [-0.2, 0) is 6.42 Å². The van der Waals surface area contributed by atoms with Gasteiger partial charge in [-0.1, -0.05) is 51.5 Å². The average molecular weight is 218 g/mol. The van der Waals surface area contributed by atoms with Gasteiger partial charge in [0.15, 0.2) is 0 Å². The van der Waals surface area contributed by atoms with Crippen molar-refractivity contribution in [1.82, 2.24) is 0 Å². The van der Waals surface area contributed by atoms with E-state index in [1.54, 1.807) is 11.1 Å². The van der Waals surface area contributed by atoms with Crippen LogP contribution in [0.25, 0.3) is 0 Å². The molecule has 0 aliphatic heterocycles. The highest BCUT2D eigenvalue weighted by Gasteiger charge is 2.14. The Labute approximate surface area is 101 Å². The summed E-state index contributed by atoms with van der Waals surface area (Å²) in [5, 5.41) is 0. The summed E-state index contributed by atoms with van der Waals surface area (Å²) in [6, 6.07) is 8.85. The predicted octanol–water partition coefficient (Wildman–Crippen LogP) is 5.34. The molecule has 0 heteroatoms. The summed E-state index contributed by atoms with van der Waals surface area (Å²) in [5.74, 6) is 0.792. The van der Waals surface area contributed by atoms with Gasteiger partial charge in [0.2, 0.25) is 0 Å². The molecule has 0 amide bonds. The summed E-state index contributed by atoms with van der Waals surface area (Å²) >= 11 is 0. The van der Waals surface area contributed by atoms with E-state index in [0.29, 0.717) is 0 Å². The van der Waals surface area contributed by atoms with E-state index in [1.807, 2.05) is 0 Å². The van der Waals surface area contributed by atoms with Crippen molar-refractivity contribution in [3.8, 4) is 0 Å². The maximum atomic E-state index is 3.00. The lowest BCUT2D eigenvalue weighted by Crippen LogP contribution is -2.05. The van der Waals surface area contributed by atoms with E-state index in [2.05, 4.69) is 58.2 Å². The highest BCUT2D eigenvalue weighted by molar-refractivity contribution is 5.31. The number of rotatable bonds is 0. The molecular formula is C16H26. The van der Waals surface area contributed by atoms with Crippen LogP contribution in [0.1, 0.15) is 57.1 Å². The molecule has 0 N–H and O–H groups in total. The van der Waals surface area contributed by atoms with E-state index in [4.69, 9.17) is 0 Å². The van der Waals surface area contributed by atoms with Gasteiger partial charge < -0.3 is 0 Å². The van der Waals surface area contributed by atoms with Crippen LogP contribution < -0.4 is 0 Å². The predicted molar refractivity (Wildman–Crippen MR) is 75.0 cm³/mol. The van der Waals surface area contributed by atoms with Crippen LogP contribution in [0.3, 0.4) is 0 Å². The Bertz CT molecular complexity index is 275. The fraction of sp³-hybridized carbons (Fsp3) is 0.500. The minimum atomic E-state index is 0.792. The number of hydrogen-bond acceptors (Lipinski definition) is 0. The van der Waals surface area contributed by atoms with Gasteiger partial charge in [-0.05, 0) is 36.3 Å². The van der Waals surface area contributed by atoms with Gasteiger partial charge in [-0.2, -0.15) is 0 Å². The first-order valence-corrected chi connectivity index (χ1v) is 6.37. The Balaban J connectivity index is 0.000000394. The third-order valence-electron chi connectivity index (χ3n) is 2.67. The number of benzene rings is 1. The van der Waals surface area contributed by atoms with Gasteiger partial charge in [-0.15, -0.1) is 13.2 Å². The molecule has 0 saturated carbocycles. The summed E-state index contributed by atoms with van der Waals surface area (Å²) in [6.45, 7) is 12.6. The monoisotopic (exact) mass is 218 g/mol.